The number of halogens is 1. The highest BCUT2D eigenvalue weighted by Gasteiger charge is 2.08. The number of hydrogen-bond donors (Lipinski definition) is 4. The largest absolute Gasteiger partial charge is 0.352 e. The van der Waals surface area contributed by atoms with E-state index in [1.165, 1.54) is 12.1 Å². The van der Waals surface area contributed by atoms with Crippen molar-refractivity contribution in [2.45, 2.75) is 6.42 Å². The van der Waals surface area contributed by atoms with Gasteiger partial charge in [-0.15, -0.1) is 0 Å². The highest BCUT2D eigenvalue weighted by molar-refractivity contribution is 6.29. The number of nitrogens with two attached hydrogens (primary N) is 1. The fourth-order valence-electron chi connectivity index (χ4n) is 1.54. The molecule has 0 saturated heterocycles. The molecule has 0 aliphatic heterocycles. The molecular weight excluding hydrogens is 268 g/mol. The Morgan fingerprint density at radius 3 is 3.00 bits per heavy atom. The number of amides is 1. The molecule has 2 heterocycles. The van der Waals surface area contributed by atoms with Gasteiger partial charge in [-0.3, -0.25) is 4.79 Å². The molecule has 0 saturated carbocycles. The molecule has 2 rings (SSSR count). The van der Waals surface area contributed by atoms with Crippen LogP contribution in [0.5, 0.6) is 0 Å². The van der Waals surface area contributed by atoms with Crippen LogP contribution < -0.4 is 16.6 Å². The highest BCUT2D eigenvalue weighted by atomic mass is 35.5. The predicted octanol–water partition coefficient (Wildman–Crippen LogP) is 0.716. The average molecular weight is 281 g/mol. The molecule has 0 aliphatic carbocycles. The summed E-state index contributed by atoms with van der Waals surface area (Å²) < 4.78 is 0. The molecule has 8 heteroatoms. The number of pyridine rings is 1. The van der Waals surface area contributed by atoms with Gasteiger partial charge in [-0.2, -0.15) is 0 Å². The summed E-state index contributed by atoms with van der Waals surface area (Å²) in [5, 5.41) is 2.98. The number of nitrogens with zero attached hydrogens (tertiary/aromatic N) is 2. The van der Waals surface area contributed by atoms with Crippen LogP contribution in [0.3, 0.4) is 0 Å². The first-order valence-corrected chi connectivity index (χ1v) is 5.96. The van der Waals surface area contributed by atoms with Crippen LogP contribution in [0.15, 0.2) is 24.7 Å². The van der Waals surface area contributed by atoms with Gasteiger partial charge in [-0.1, -0.05) is 11.6 Å². The summed E-state index contributed by atoms with van der Waals surface area (Å²) in [5.41, 5.74) is 3.71. The number of rotatable bonds is 5. The summed E-state index contributed by atoms with van der Waals surface area (Å²) >= 11 is 5.79. The Labute approximate surface area is 114 Å². The van der Waals surface area contributed by atoms with Crippen molar-refractivity contribution in [3.05, 3.63) is 41.1 Å². The Morgan fingerprint density at radius 2 is 2.32 bits per heavy atom. The van der Waals surface area contributed by atoms with Gasteiger partial charge in [0.1, 0.15) is 11.0 Å². The van der Waals surface area contributed by atoms with Crippen LogP contribution in [0.4, 0.5) is 5.82 Å². The van der Waals surface area contributed by atoms with E-state index in [1.54, 1.807) is 12.5 Å². The third kappa shape index (κ3) is 3.67. The normalized spacial score (nSPS) is 10.2. The Kier molecular flexibility index (Phi) is 4.32. The summed E-state index contributed by atoms with van der Waals surface area (Å²) in [6.07, 6.45) is 3.98. The van der Waals surface area contributed by atoms with Crippen molar-refractivity contribution in [3.8, 4) is 0 Å². The van der Waals surface area contributed by atoms with E-state index in [0.717, 1.165) is 5.69 Å². The fourth-order valence-corrected chi connectivity index (χ4v) is 1.74. The van der Waals surface area contributed by atoms with Crippen LogP contribution in [0, 0.1) is 0 Å². The number of carbonyl (C=O) groups is 1. The number of nitrogens with one attached hydrogen (secondary N) is 3. The molecule has 0 unspecified atom stereocenters. The SMILES string of the molecule is NNc1cc(C(=O)NCCc2cnc[nH]2)cc(Cl)n1. The summed E-state index contributed by atoms with van der Waals surface area (Å²) in [6.45, 7) is 0.492. The van der Waals surface area contributed by atoms with Gasteiger partial charge in [0, 0.05) is 30.4 Å². The van der Waals surface area contributed by atoms with Crippen LogP contribution >= 0.6 is 11.6 Å². The second-order valence-electron chi connectivity index (χ2n) is 3.79. The standard InChI is InChI=1S/C11H13ClN6O/c12-9-3-7(4-10(17-9)18-13)11(19)15-2-1-8-5-14-6-16-8/h3-6H,1-2,13H2,(H,14,16)(H,15,19)(H,17,18). The molecule has 100 valence electrons. The Hall–Kier alpha value is -2.12. The minimum Gasteiger partial charge on any atom is -0.352 e. The van der Waals surface area contributed by atoms with E-state index < -0.39 is 0 Å². The lowest BCUT2D eigenvalue weighted by molar-refractivity contribution is 0.0954. The van der Waals surface area contributed by atoms with Crippen molar-refractivity contribution in [3.63, 3.8) is 0 Å². The Morgan fingerprint density at radius 1 is 1.47 bits per heavy atom. The predicted molar refractivity (Wildman–Crippen MR) is 71.7 cm³/mol. The zero-order valence-corrected chi connectivity index (χ0v) is 10.7. The van der Waals surface area contributed by atoms with E-state index >= 15 is 0 Å². The molecule has 0 bridgehead atoms. The first kappa shape index (κ1) is 13.3. The maximum absolute atomic E-state index is 11.9. The van der Waals surface area contributed by atoms with Gasteiger partial charge in [-0.25, -0.2) is 15.8 Å². The third-order valence-corrected chi connectivity index (χ3v) is 2.63. The molecule has 0 fully saturated rings. The molecule has 5 N–H and O–H groups in total. The number of aromatic nitrogens is 3. The maximum atomic E-state index is 11.9. The van der Waals surface area contributed by atoms with E-state index in [0.29, 0.717) is 24.3 Å². The Bertz CT molecular complexity index is 556. The Balaban J connectivity index is 1.94. The van der Waals surface area contributed by atoms with E-state index in [2.05, 4.69) is 25.7 Å². The van der Waals surface area contributed by atoms with E-state index in [4.69, 9.17) is 17.4 Å². The fraction of sp³-hybridized carbons (Fsp3) is 0.182. The van der Waals surface area contributed by atoms with Crippen molar-refractivity contribution in [2.24, 2.45) is 5.84 Å². The molecule has 1 amide bonds. The lowest BCUT2D eigenvalue weighted by Crippen LogP contribution is -2.26. The van der Waals surface area contributed by atoms with Gasteiger partial charge in [0.15, 0.2) is 0 Å². The first-order chi connectivity index (χ1) is 9.19. The summed E-state index contributed by atoms with van der Waals surface area (Å²) in [6, 6.07) is 3.01. The molecule has 2 aromatic rings. The highest BCUT2D eigenvalue weighted by Crippen LogP contribution is 2.13. The number of imidazole rings is 1. The molecule has 0 atom stereocenters. The van der Waals surface area contributed by atoms with Gasteiger partial charge < -0.3 is 15.7 Å². The van der Waals surface area contributed by atoms with Gasteiger partial charge in [-0.05, 0) is 12.1 Å². The van der Waals surface area contributed by atoms with Crippen LogP contribution in [0.25, 0.3) is 0 Å². The van der Waals surface area contributed by atoms with Gasteiger partial charge in [0.2, 0.25) is 0 Å². The smallest absolute Gasteiger partial charge is 0.251 e. The van der Waals surface area contributed by atoms with Crippen molar-refractivity contribution in [2.75, 3.05) is 12.0 Å². The summed E-state index contributed by atoms with van der Waals surface area (Å²) in [7, 11) is 0. The number of H-pyrrole nitrogens is 1. The summed E-state index contributed by atoms with van der Waals surface area (Å²) in [5.74, 6) is 5.34. The average Bonchev–Trinajstić information content (AvgIpc) is 2.91. The molecule has 0 aromatic carbocycles. The second kappa shape index (κ2) is 6.17. The lowest BCUT2D eigenvalue weighted by Gasteiger charge is -2.06. The molecule has 0 aliphatic rings. The zero-order valence-electron chi connectivity index (χ0n) is 9.98. The minimum absolute atomic E-state index is 0.203. The van der Waals surface area contributed by atoms with Gasteiger partial charge in [0.25, 0.3) is 5.91 Å². The van der Waals surface area contributed by atoms with Gasteiger partial charge in [0.05, 0.1) is 6.33 Å². The number of hydrazine groups is 1. The third-order valence-electron chi connectivity index (χ3n) is 2.44. The second-order valence-corrected chi connectivity index (χ2v) is 4.18. The minimum atomic E-state index is -0.236. The van der Waals surface area contributed by atoms with Crippen LogP contribution in [0.2, 0.25) is 5.15 Å². The van der Waals surface area contributed by atoms with Crippen molar-refractivity contribution in [1.29, 1.82) is 0 Å². The molecule has 19 heavy (non-hydrogen) atoms. The van der Waals surface area contributed by atoms with Crippen molar-refractivity contribution >= 4 is 23.3 Å². The van der Waals surface area contributed by atoms with Crippen LogP contribution in [-0.2, 0) is 6.42 Å². The monoisotopic (exact) mass is 280 g/mol. The maximum Gasteiger partial charge on any atom is 0.251 e. The topological polar surface area (TPSA) is 109 Å². The van der Waals surface area contributed by atoms with Crippen molar-refractivity contribution in [1.82, 2.24) is 20.3 Å². The lowest BCUT2D eigenvalue weighted by atomic mass is 10.2. The zero-order chi connectivity index (χ0) is 13.7. The van der Waals surface area contributed by atoms with E-state index in [1.807, 2.05) is 0 Å². The molecule has 0 radical (unpaired) electrons. The summed E-state index contributed by atoms with van der Waals surface area (Å²) in [4.78, 5) is 22.6. The molecule has 7 nitrogen and oxygen atoms in total. The van der Waals surface area contributed by atoms with Crippen molar-refractivity contribution < 1.29 is 4.79 Å². The quantitative estimate of drug-likeness (QED) is 0.366. The van der Waals surface area contributed by atoms with E-state index in [-0.39, 0.29) is 11.1 Å². The number of anilines is 1. The number of hydrogen-bond acceptors (Lipinski definition) is 5. The molecule has 0 spiro atoms. The first-order valence-electron chi connectivity index (χ1n) is 5.58. The molecular formula is C11H13ClN6O. The number of aromatic amines is 1. The van der Waals surface area contributed by atoms with Gasteiger partial charge >= 0.3 is 0 Å². The van der Waals surface area contributed by atoms with E-state index in [9.17, 15) is 4.79 Å². The molecule has 2 aromatic heterocycles. The van der Waals surface area contributed by atoms with Crippen LogP contribution in [0.1, 0.15) is 16.1 Å². The number of carbonyl (C=O) groups excluding carboxylic acids is 1. The van der Waals surface area contributed by atoms with Crippen LogP contribution in [-0.4, -0.2) is 27.4 Å². The number of nitrogen functional groups attached to an aromatic ring is 1.